The quantitative estimate of drug-likeness (QED) is 0.0208. The van der Waals surface area contributed by atoms with E-state index >= 15 is 4.39 Å². The number of fused-ring (bicyclic) bond motifs is 1. The van der Waals surface area contributed by atoms with Gasteiger partial charge in [0.25, 0.3) is 23.6 Å². The minimum Gasteiger partial charge on any atom is -0.504 e. The minimum atomic E-state index is -2.03. The molecule has 2 aliphatic heterocycles. The third-order valence-corrected chi connectivity index (χ3v) is 15.5. The maximum absolute atomic E-state index is 15.5. The van der Waals surface area contributed by atoms with E-state index in [0.29, 0.717) is 17.0 Å². The van der Waals surface area contributed by atoms with Crippen molar-refractivity contribution in [3.05, 3.63) is 111 Å². The fraction of sp³-hybridized carbons (Fsp3) is 0.321. The van der Waals surface area contributed by atoms with Gasteiger partial charge in [0, 0.05) is 67.4 Å². The first kappa shape index (κ1) is 60.4. The molecule has 28 nitrogen and oxygen atoms in total. The van der Waals surface area contributed by atoms with Crippen molar-refractivity contribution >= 4 is 91.8 Å². The molecule has 444 valence electrons. The van der Waals surface area contributed by atoms with Gasteiger partial charge < -0.3 is 90.3 Å². The van der Waals surface area contributed by atoms with Crippen LogP contribution in [0.15, 0.2) is 71.7 Å². The highest BCUT2D eigenvalue weighted by molar-refractivity contribution is 8.76. The Morgan fingerprint density at radius 1 is 0.619 bits per heavy atom. The first-order valence-electron chi connectivity index (χ1n) is 25.4. The van der Waals surface area contributed by atoms with Crippen LogP contribution in [-0.2, 0) is 33.3 Å². The molecule has 5 aromatic rings. The second-order valence-corrected chi connectivity index (χ2v) is 21.5. The fourth-order valence-electron chi connectivity index (χ4n) is 8.58. The zero-order valence-corrected chi connectivity index (χ0v) is 45.4. The number of aromatic carboxylic acids is 1. The summed E-state index contributed by atoms with van der Waals surface area (Å²) in [4.78, 5) is 134. The van der Waals surface area contributed by atoms with Gasteiger partial charge in [-0.15, -0.1) is 0 Å². The Labute approximate surface area is 480 Å². The van der Waals surface area contributed by atoms with Crippen molar-refractivity contribution in [2.45, 2.75) is 37.0 Å². The number of ether oxygens (including phenoxy) is 4. The highest BCUT2D eigenvalue weighted by Gasteiger charge is 2.36. The number of aromatic hydroxyl groups is 6. The average molecular weight is 1210 g/mol. The molecule has 11 N–H and O–H groups in total. The topological polar surface area (TPSA) is 409 Å². The predicted molar refractivity (Wildman–Crippen MR) is 292 cm³/mol. The molecular weight excluding hydrogens is 1150 g/mol. The van der Waals surface area contributed by atoms with Crippen molar-refractivity contribution in [3.63, 3.8) is 0 Å². The van der Waals surface area contributed by atoms with E-state index in [1.54, 1.807) is 15.5 Å². The summed E-state index contributed by atoms with van der Waals surface area (Å²) in [6, 6.07) is 4.96. The lowest BCUT2D eigenvalue weighted by Crippen LogP contribution is -2.52. The number of anilines is 1. The Morgan fingerprint density at radius 3 is 1.65 bits per heavy atom. The van der Waals surface area contributed by atoms with E-state index < -0.39 is 160 Å². The summed E-state index contributed by atoms with van der Waals surface area (Å²) in [7, 11) is 2.61. The van der Waals surface area contributed by atoms with Crippen LogP contribution < -0.4 is 31.6 Å². The molecule has 3 aliphatic rings. The van der Waals surface area contributed by atoms with Crippen LogP contribution in [-0.4, -0.2) is 188 Å². The van der Waals surface area contributed by atoms with Gasteiger partial charge in [-0.25, -0.2) is 28.4 Å². The monoisotopic (exact) mass is 1210 g/mol. The van der Waals surface area contributed by atoms with Crippen molar-refractivity contribution in [2.75, 3.05) is 75.6 Å². The van der Waals surface area contributed by atoms with Crippen LogP contribution in [0, 0.1) is 5.82 Å². The number of benzene rings is 4. The third-order valence-electron chi connectivity index (χ3n) is 13.2. The van der Waals surface area contributed by atoms with E-state index in [-0.39, 0.29) is 62.0 Å². The number of halogens is 1. The van der Waals surface area contributed by atoms with E-state index in [4.69, 9.17) is 18.9 Å². The molecule has 2 saturated heterocycles. The summed E-state index contributed by atoms with van der Waals surface area (Å²) in [6.07, 6.45) is 2.29. The minimum absolute atomic E-state index is 0.00238. The molecule has 1 saturated carbocycles. The van der Waals surface area contributed by atoms with Crippen LogP contribution in [0.5, 0.6) is 34.5 Å². The van der Waals surface area contributed by atoms with E-state index in [9.17, 15) is 83.7 Å². The number of carboxylic acid groups (broad SMARTS) is 1. The van der Waals surface area contributed by atoms with Crippen LogP contribution in [0.1, 0.15) is 70.7 Å². The summed E-state index contributed by atoms with van der Waals surface area (Å²) in [5, 5.41) is 80.2. The first-order chi connectivity index (χ1) is 40.1. The van der Waals surface area contributed by atoms with Gasteiger partial charge in [0.05, 0.1) is 27.9 Å². The van der Waals surface area contributed by atoms with Crippen LogP contribution >= 0.6 is 21.6 Å². The molecular formula is C53H52FN7O21S2. The van der Waals surface area contributed by atoms with Gasteiger partial charge >= 0.3 is 30.0 Å². The number of carbonyl (C=O) groups excluding carboxylic acids is 8. The number of phenolic OH excluding ortho intramolecular Hbond substituents is 6. The predicted octanol–water partition coefficient (Wildman–Crippen LogP) is 1.82. The van der Waals surface area contributed by atoms with Gasteiger partial charge in [0.15, 0.2) is 52.6 Å². The highest BCUT2D eigenvalue weighted by atomic mass is 33.1. The van der Waals surface area contributed by atoms with Crippen LogP contribution in [0.2, 0.25) is 0 Å². The number of para-hydroxylation sites is 2. The number of nitrogens with zero attached hydrogens (tertiary/aromatic N) is 3. The summed E-state index contributed by atoms with van der Waals surface area (Å²) in [5.41, 5.74) is -2.79. The lowest BCUT2D eigenvalue weighted by atomic mass is 10.1. The smallest absolute Gasteiger partial charge is 0.409 e. The number of piperazine rings is 1. The largest absolute Gasteiger partial charge is 0.504 e. The molecule has 5 amide bonds. The number of cyclic esters (lactones) is 3. The first-order valence-corrected chi connectivity index (χ1v) is 27.9. The molecule has 1 aromatic heterocycles. The van der Waals surface area contributed by atoms with Gasteiger partial charge in [-0.2, -0.15) is 0 Å². The lowest BCUT2D eigenvalue weighted by Gasteiger charge is -2.35. The molecule has 0 radical (unpaired) electrons. The van der Waals surface area contributed by atoms with Crippen LogP contribution in [0.3, 0.4) is 0 Å². The number of carbonyl (C=O) groups is 9. The molecule has 3 heterocycles. The Bertz CT molecular complexity index is 3460. The van der Waals surface area contributed by atoms with Crippen molar-refractivity contribution in [2.24, 2.45) is 0 Å². The Kier molecular flexibility index (Phi) is 19.1. The molecule has 3 fully saturated rings. The Hall–Kier alpha value is -9.65. The van der Waals surface area contributed by atoms with Crippen molar-refractivity contribution in [3.8, 4) is 34.5 Å². The molecule has 0 unspecified atom stereocenters. The summed E-state index contributed by atoms with van der Waals surface area (Å²) in [6.45, 7) is -2.23. The Morgan fingerprint density at radius 2 is 1.13 bits per heavy atom. The molecule has 4 aromatic carbocycles. The average Bonchev–Trinajstić information content (AvgIpc) is 4.54. The second-order valence-electron chi connectivity index (χ2n) is 18.8. The highest BCUT2D eigenvalue weighted by Crippen LogP contribution is 2.39. The maximum Gasteiger partial charge on any atom is 0.409 e. The van der Waals surface area contributed by atoms with Crippen LogP contribution in [0.4, 0.5) is 14.9 Å². The number of phenols is 6. The van der Waals surface area contributed by atoms with Gasteiger partial charge in [-0.1, -0.05) is 33.7 Å². The summed E-state index contributed by atoms with van der Waals surface area (Å²) >= 11 is 0. The maximum atomic E-state index is 15.5. The SMILES string of the molecule is O=C(NCCSSCCOC(=O)N1CCN(c2cc3c(cc2F)c(=O)c(C(=O)O)cn3C2CC2)CC1)c1cc(O)c(O)c(C(=O)N[C@H]2COC(=O)[C@@H](NC(=O)c3cccc(O)c3O)COC(=O)[C@@H](NC(=O)c3cccc(O)c3O)COC2=O)c1. The van der Waals surface area contributed by atoms with E-state index in [1.807, 2.05) is 0 Å². The summed E-state index contributed by atoms with van der Waals surface area (Å²) in [5.74, 6) is -15.5. The molecule has 0 spiro atoms. The number of aromatic nitrogens is 1. The van der Waals surface area contributed by atoms with E-state index in [2.05, 4.69) is 21.3 Å². The Balaban J connectivity index is 0.826. The van der Waals surface area contributed by atoms with E-state index in [0.717, 1.165) is 55.3 Å². The molecule has 31 heteroatoms. The number of rotatable bonds is 17. The number of carboxylic acids is 1. The zero-order valence-electron chi connectivity index (χ0n) is 43.7. The zero-order chi connectivity index (χ0) is 60.5. The van der Waals surface area contributed by atoms with Gasteiger partial charge in [-0.3, -0.25) is 24.0 Å². The number of amides is 5. The van der Waals surface area contributed by atoms with Crippen molar-refractivity contribution < 1.29 is 102 Å². The lowest BCUT2D eigenvalue weighted by molar-refractivity contribution is -0.160. The molecule has 84 heavy (non-hydrogen) atoms. The normalized spacial score (nSPS) is 17.5. The molecule has 8 rings (SSSR count). The number of hydrogen-bond acceptors (Lipinski definition) is 23. The summed E-state index contributed by atoms with van der Waals surface area (Å²) < 4.78 is 38.2. The number of hydrogen-bond donors (Lipinski definition) is 11. The van der Waals surface area contributed by atoms with Gasteiger partial charge in [0.1, 0.15) is 37.8 Å². The third kappa shape index (κ3) is 14.1. The second kappa shape index (κ2) is 26.5. The van der Waals surface area contributed by atoms with Crippen LogP contribution in [0.25, 0.3) is 10.9 Å². The van der Waals surface area contributed by atoms with Crippen molar-refractivity contribution in [1.29, 1.82) is 0 Å². The van der Waals surface area contributed by atoms with Crippen molar-refractivity contribution in [1.82, 2.24) is 30.7 Å². The number of esters is 3. The molecule has 3 atom stereocenters. The number of nitrogens with one attached hydrogen (secondary N) is 4. The standard InChI is InChI=1S/C53H52FN7O21S2/c54-32-19-29-36(61(26-7-8-26)21-31(41(29)65)49(73)74)20-37(32)59-10-12-60(13-11-59)53(78)79-14-16-84-83-15-9-55-45(69)25-17-30(44(68)40(64)18-25)48(72)58-35-24-82-51(76)33(56-46(70)27-3-1-5-38(62)42(27)66)22-80-50(75)34(23-81-52(35)77)57-47(71)28-4-2-6-39(63)43(28)67/h1-6,17-21,26,33-35,62-64,66-68H,7-16,22-24H2,(H,55,69)(H,56,70)(H,57,71)(H,58,72)(H,73,74)/t33-,34-,35-/m0/s1. The fourth-order valence-corrected chi connectivity index (χ4v) is 10.3. The van der Waals surface area contributed by atoms with Gasteiger partial charge in [-0.05, 0) is 61.4 Å². The number of pyridine rings is 1. The molecule has 1 aliphatic carbocycles. The molecule has 0 bridgehead atoms. The van der Waals surface area contributed by atoms with E-state index in [1.165, 1.54) is 44.8 Å². The van der Waals surface area contributed by atoms with Gasteiger partial charge in [0.2, 0.25) is 5.43 Å².